The van der Waals surface area contributed by atoms with Crippen LogP contribution >= 0.6 is 0 Å². The van der Waals surface area contributed by atoms with Gasteiger partial charge in [0.1, 0.15) is 13.3 Å². The number of carbonyl (C=O) groups is 1. The minimum absolute atomic E-state index is 0.601. The fourth-order valence-corrected chi connectivity index (χ4v) is 0.304. The van der Waals surface area contributed by atoms with Gasteiger partial charge in [0.25, 0.3) is 0 Å². The van der Waals surface area contributed by atoms with Crippen LogP contribution in [0.15, 0.2) is 0 Å². The normalized spacial score (nSPS) is 11.0. The molecule has 0 spiro atoms. The van der Waals surface area contributed by atoms with E-state index in [1.54, 1.807) is 0 Å². The lowest BCUT2D eigenvalue weighted by Gasteiger charge is -2.06. The van der Waals surface area contributed by atoms with Crippen molar-refractivity contribution in [2.45, 2.75) is 6.18 Å². The monoisotopic (exact) mass is 190 g/mol. The van der Waals surface area contributed by atoms with Gasteiger partial charge in [0.2, 0.25) is 0 Å². The highest BCUT2D eigenvalue weighted by molar-refractivity contribution is 5.59. The molecule has 0 bridgehead atoms. The summed E-state index contributed by atoms with van der Waals surface area (Å²) in [7, 11) is 0. The van der Waals surface area contributed by atoms with E-state index in [0.29, 0.717) is 0 Å². The van der Waals surface area contributed by atoms with Crippen molar-refractivity contribution in [3.63, 3.8) is 0 Å². The van der Waals surface area contributed by atoms with Crippen molar-refractivity contribution in [3.8, 4) is 0 Å². The van der Waals surface area contributed by atoms with E-state index in [9.17, 15) is 22.4 Å². The minimum atomic E-state index is -4.59. The van der Waals surface area contributed by atoms with Crippen LogP contribution in [0.3, 0.4) is 0 Å². The highest BCUT2D eigenvalue weighted by Gasteiger charge is 2.29. The van der Waals surface area contributed by atoms with E-state index in [-0.39, 0.29) is 0 Å². The zero-order chi connectivity index (χ0) is 9.61. The smallest absolute Gasteiger partial charge is 0.432 e. The Kier molecular flexibility index (Phi) is 4.38. The van der Waals surface area contributed by atoms with Crippen molar-refractivity contribution in [1.82, 2.24) is 0 Å². The van der Waals surface area contributed by atoms with Crippen molar-refractivity contribution in [1.29, 1.82) is 0 Å². The van der Waals surface area contributed by atoms with Crippen molar-refractivity contribution < 1.29 is 31.8 Å². The SMILES string of the molecule is O=C(OCCF)OCC(F)(F)F. The highest BCUT2D eigenvalue weighted by atomic mass is 19.4. The Morgan fingerprint density at radius 1 is 1.25 bits per heavy atom. The number of hydrogen-bond acceptors (Lipinski definition) is 3. The van der Waals surface area contributed by atoms with Gasteiger partial charge in [0.15, 0.2) is 6.61 Å². The van der Waals surface area contributed by atoms with Gasteiger partial charge < -0.3 is 9.47 Å². The second kappa shape index (κ2) is 4.78. The lowest BCUT2D eigenvalue weighted by Crippen LogP contribution is -2.21. The van der Waals surface area contributed by atoms with E-state index in [0.717, 1.165) is 0 Å². The molecule has 0 aliphatic heterocycles. The lowest BCUT2D eigenvalue weighted by atomic mass is 10.7. The molecule has 0 aliphatic carbocycles. The Hall–Kier alpha value is -1.01. The second-order valence-electron chi connectivity index (χ2n) is 1.69. The molecule has 0 saturated heterocycles. The molecule has 0 amide bonds. The quantitative estimate of drug-likeness (QED) is 0.501. The summed E-state index contributed by atoms with van der Waals surface area (Å²) in [5.41, 5.74) is 0. The van der Waals surface area contributed by atoms with Crippen molar-refractivity contribution in [2.24, 2.45) is 0 Å². The van der Waals surface area contributed by atoms with Gasteiger partial charge in [-0.25, -0.2) is 9.18 Å². The number of rotatable bonds is 3. The van der Waals surface area contributed by atoms with Gasteiger partial charge in [-0.05, 0) is 0 Å². The third-order valence-electron chi connectivity index (χ3n) is 0.651. The zero-order valence-electron chi connectivity index (χ0n) is 5.86. The van der Waals surface area contributed by atoms with Crippen molar-refractivity contribution in [3.05, 3.63) is 0 Å². The number of halogens is 4. The van der Waals surface area contributed by atoms with Gasteiger partial charge in [0.05, 0.1) is 0 Å². The fraction of sp³-hybridized carbons (Fsp3) is 0.800. The molecule has 0 saturated carbocycles. The van der Waals surface area contributed by atoms with Crippen LogP contribution < -0.4 is 0 Å². The maximum atomic E-state index is 11.3. The summed E-state index contributed by atoms with van der Waals surface area (Å²) in [5.74, 6) is 0. The molecule has 7 heteroatoms. The first-order valence-electron chi connectivity index (χ1n) is 2.88. The van der Waals surface area contributed by atoms with Gasteiger partial charge >= 0.3 is 12.3 Å². The first-order valence-corrected chi connectivity index (χ1v) is 2.88. The second-order valence-corrected chi connectivity index (χ2v) is 1.69. The van der Waals surface area contributed by atoms with Crippen LogP contribution in [0.25, 0.3) is 0 Å². The highest BCUT2D eigenvalue weighted by Crippen LogP contribution is 2.14. The Labute approximate surface area is 65.2 Å². The Balaban J connectivity index is 3.44. The van der Waals surface area contributed by atoms with E-state index in [1.165, 1.54) is 0 Å². The molecule has 0 aromatic heterocycles. The van der Waals surface area contributed by atoms with Crippen LogP contribution in [-0.4, -0.2) is 32.2 Å². The standard InChI is InChI=1S/C5H6F4O3/c6-1-2-11-4(10)12-3-5(7,8)9/h1-3H2. The first-order chi connectivity index (χ1) is 5.45. The molecular weight excluding hydrogens is 184 g/mol. The van der Waals surface area contributed by atoms with E-state index < -0.39 is 32.2 Å². The van der Waals surface area contributed by atoms with Gasteiger partial charge in [-0.15, -0.1) is 0 Å². The molecule has 0 atom stereocenters. The molecular formula is C5H6F4O3. The molecule has 0 N–H and O–H groups in total. The Morgan fingerprint density at radius 2 is 1.83 bits per heavy atom. The average Bonchev–Trinajstić information content (AvgIpc) is 1.95. The maximum absolute atomic E-state index is 11.3. The number of carbonyl (C=O) groups excluding carboxylic acids is 1. The molecule has 3 nitrogen and oxygen atoms in total. The van der Waals surface area contributed by atoms with Crippen LogP contribution in [0, 0.1) is 0 Å². The molecule has 0 heterocycles. The van der Waals surface area contributed by atoms with Crippen molar-refractivity contribution >= 4 is 6.16 Å². The number of alkyl halides is 4. The van der Waals surface area contributed by atoms with E-state index in [1.807, 2.05) is 0 Å². The Bertz CT molecular complexity index is 144. The maximum Gasteiger partial charge on any atom is 0.508 e. The molecule has 0 radical (unpaired) electrons. The summed E-state index contributed by atoms with van der Waals surface area (Å²) in [6.07, 6.45) is -6.11. The van der Waals surface area contributed by atoms with Crippen LogP contribution in [-0.2, 0) is 9.47 Å². The first kappa shape index (κ1) is 11.0. The van der Waals surface area contributed by atoms with Gasteiger partial charge in [-0.1, -0.05) is 0 Å². The topological polar surface area (TPSA) is 35.5 Å². The average molecular weight is 190 g/mol. The van der Waals surface area contributed by atoms with Crippen LogP contribution in [0.4, 0.5) is 22.4 Å². The molecule has 0 aliphatic rings. The largest absolute Gasteiger partial charge is 0.508 e. The molecule has 12 heavy (non-hydrogen) atoms. The summed E-state index contributed by atoms with van der Waals surface area (Å²) in [5, 5.41) is 0. The summed E-state index contributed by atoms with van der Waals surface area (Å²) < 4.78 is 52.7. The summed E-state index contributed by atoms with van der Waals surface area (Å²) in [6.45, 7) is -3.28. The number of hydrogen-bond donors (Lipinski definition) is 0. The fourth-order valence-electron chi connectivity index (χ4n) is 0.304. The van der Waals surface area contributed by atoms with E-state index in [2.05, 4.69) is 9.47 Å². The zero-order valence-corrected chi connectivity index (χ0v) is 5.86. The molecule has 0 aromatic rings. The molecule has 72 valence electrons. The predicted octanol–water partition coefficient (Wildman–Crippen LogP) is 1.67. The lowest BCUT2D eigenvalue weighted by molar-refractivity contribution is -0.165. The van der Waals surface area contributed by atoms with Crippen molar-refractivity contribution in [2.75, 3.05) is 19.9 Å². The van der Waals surface area contributed by atoms with E-state index >= 15 is 0 Å². The number of ether oxygens (including phenoxy) is 2. The predicted molar refractivity (Wildman–Crippen MR) is 29.3 cm³/mol. The summed E-state index contributed by atoms with van der Waals surface area (Å²) >= 11 is 0. The third-order valence-corrected chi connectivity index (χ3v) is 0.651. The van der Waals surface area contributed by atoms with E-state index in [4.69, 9.17) is 0 Å². The van der Waals surface area contributed by atoms with Gasteiger partial charge in [0, 0.05) is 0 Å². The molecule has 0 aromatic carbocycles. The minimum Gasteiger partial charge on any atom is -0.432 e. The Morgan fingerprint density at radius 3 is 2.25 bits per heavy atom. The van der Waals surface area contributed by atoms with Gasteiger partial charge in [-0.2, -0.15) is 13.2 Å². The summed E-state index contributed by atoms with van der Waals surface area (Å²) in [4.78, 5) is 10.1. The van der Waals surface area contributed by atoms with Crippen LogP contribution in [0.5, 0.6) is 0 Å². The summed E-state index contributed by atoms with van der Waals surface area (Å²) in [6, 6.07) is 0. The molecule has 0 fully saturated rings. The van der Waals surface area contributed by atoms with Crippen LogP contribution in [0.1, 0.15) is 0 Å². The molecule has 0 unspecified atom stereocenters. The van der Waals surface area contributed by atoms with Crippen LogP contribution in [0.2, 0.25) is 0 Å². The van der Waals surface area contributed by atoms with Gasteiger partial charge in [-0.3, -0.25) is 0 Å². The third kappa shape index (κ3) is 7.10. The molecule has 0 rings (SSSR count).